The molecule has 1 heterocycles. The highest BCUT2D eigenvalue weighted by Gasteiger charge is 2.17. The van der Waals surface area contributed by atoms with Crippen molar-refractivity contribution in [2.45, 2.75) is 6.92 Å². The Kier molecular flexibility index (Phi) is 3.80. The molecule has 0 saturated carbocycles. The molecule has 0 unspecified atom stereocenters. The molecule has 6 heteroatoms. The number of rotatable bonds is 3. The van der Waals surface area contributed by atoms with Crippen LogP contribution in [0.15, 0.2) is 46.9 Å². The first-order valence-electron chi connectivity index (χ1n) is 6.78. The number of hydrogen-bond acceptors (Lipinski definition) is 3. The lowest BCUT2D eigenvalue weighted by Crippen LogP contribution is -2.14. The van der Waals surface area contributed by atoms with Gasteiger partial charge in [-0.2, -0.15) is 0 Å². The molecule has 116 valence electrons. The number of carbonyl (C=O) groups is 2. The van der Waals surface area contributed by atoms with Crippen LogP contribution in [0.4, 0.5) is 5.69 Å². The summed E-state index contributed by atoms with van der Waals surface area (Å²) < 4.78 is 5.47. The van der Waals surface area contributed by atoms with Gasteiger partial charge in [-0.3, -0.25) is 4.79 Å². The molecule has 2 aromatic carbocycles. The third-order valence-electron chi connectivity index (χ3n) is 3.36. The number of aromatic carboxylic acids is 1. The number of benzene rings is 2. The van der Waals surface area contributed by atoms with Gasteiger partial charge in [-0.05, 0) is 48.9 Å². The fraction of sp³-hybridized carbons (Fsp3) is 0.0588. The van der Waals surface area contributed by atoms with Crippen molar-refractivity contribution in [1.82, 2.24) is 0 Å². The molecule has 0 aliphatic heterocycles. The normalized spacial score (nSPS) is 10.7. The lowest BCUT2D eigenvalue weighted by Gasteiger charge is -2.08. The summed E-state index contributed by atoms with van der Waals surface area (Å²) in [4.78, 5) is 23.6. The van der Waals surface area contributed by atoms with Crippen LogP contribution in [0, 0.1) is 6.92 Å². The second-order valence-electron chi connectivity index (χ2n) is 5.10. The number of carboxylic acid groups (broad SMARTS) is 1. The third-order valence-corrected chi connectivity index (χ3v) is 3.59. The summed E-state index contributed by atoms with van der Waals surface area (Å²) in [6.07, 6.45) is 0. The van der Waals surface area contributed by atoms with E-state index in [4.69, 9.17) is 16.0 Å². The number of anilines is 1. The van der Waals surface area contributed by atoms with Crippen molar-refractivity contribution in [2.75, 3.05) is 5.32 Å². The molecule has 1 aromatic heterocycles. The minimum absolute atomic E-state index is 0.0168. The number of fused-ring (bicyclic) bond motifs is 1. The van der Waals surface area contributed by atoms with Gasteiger partial charge < -0.3 is 14.8 Å². The van der Waals surface area contributed by atoms with Crippen LogP contribution in [0.3, 0.4) is 0 Å². The smallest absolute Gasteiger partial charge is 0.337 e. The molecule has 0 saturated heterocycles. The molecule has 0 spiro atoms. The number of furan rings is 1. The lowest BCUT2D eigenvalue weighted by molar-refractivity contribution is 0.0698. The molecule has 0 bridgehead atoms. The van der Waals surface area contributed by atoms with Crippen molar-refractivity contribution < 1.29 is 19.1 Å². The van der Waals surface area contributed by atoms with Gasteiger partial charge in [-0.1, -0.05) is 17.7 Å². The van der Waals surface area contributed by atoms with E-state index >= 15 is 0 Å². The van der Waals surface area contributed by atoms with Crippen LogP contribution in [0.25, 0.3) is 11.0 Å². The molecule has 3 aromatic rings. The van der Waals surface area contributed by atoms with Crippen molar-refractivity contribution in [2.24, 2.45) is 0 Å². The van der Waals surface area contributed by atoms with E-state index in [1.165, 1.54) is 6.07 Å². The summed E-state index contributed by atoms with van der Waals surface area (Å²) in [6.45, 7) is 1.81. The molecule has 0 fully saturated rings. The zero-order valence-corrected chi connectivity index (χ0v) is 12.8. The second-order valence-corrected chi connectivity index (χ2v) is 5.54. The van der Waals surface area contributed by atoms with Crippen molar-refractivity contribution in [3.63, 3.8) is 0 Å². The number of carbonyl (C=O) groups excluding carboxylic acids is 1. The highest BCUT2D eigenvalue weighted by Crippen LogP contribution is 2.24. The zero-order valence-electron chi connectivity index (χ0n) is 12.1. The molecule has 0 aliphatic carbocycles. The van der Waals surface area contributed by atoms with Crippen molar-refractivity contribution in [3.05, 3.63) is 64.4 Å². The van der Waals surface area contributed by atoms with Crippen molar-refractivity contribution >= 4 is 40.1 Å². The molecule has 1 amide bonds. The van der Waals surface area contributed by atoms with Gasteiger partial charge in [0.2, 0.25) is 0 Å². The summed E-state index contributed by atoms with van der Waals surface area (Å²) in [5.74, 6) is -1.55. The number of halogens is 1. The van der Waals surface area contributed by atoms with Crippen LogP contribution in [0.2, 0.25) is 5.02 Å². The second kappa shape index (κ2) is 5.78. The first-order valence-corrected chi connectivity index (χ1v) is 7.16. The van der Waals surface area contributed by atoms with E-state index < -0.39 is 11.9 Å². The summed E-state index contributed by atoms with van der Waals surface area (Å²) in [6, 6.07) is 11.3. The first kappa shape index (κ1) is 15.1. The maximum Gasteiger partial charge on any atom is 0.337 e. The van der Waals surface area contributed by atoms with Crippen LogP contribution in [-0.4, -0.2) is 17.0 Å². The van der Waals surface area contributed by atoms with Crippen LogP contribution in [0.1, 0.15) is 26.5 Å². The largest absolute Gasteiger partial charge is 0.478 e. The fourth-order valence-corrected chi connectivity index (χ4v) is 2.44. The van der Waals surface area contributed by atoms with E-state index in [0.717, 1.165) is 5.56 Å². The van der Waals surface area contributed by atoms with Gasteiger partial charge in [-0.15, -0.1) is 0 Å². The molecular formula is C17H12ClNO4. The van der Waals surface area contributed by atoms with E-state index in [1.807, 2.05) is 6.92 Å². The SMILES string of the molecule is Cc1ccc(C(=O)O)c(NC(=O)c2cc3cc(Cl)ccc3o2)c1. The molecule has 2 N–H and O–H groups in total. The highest BCUT2D eigenvalue weighted by molar-refractivity contribution is 6.31. The Hall–Kier alpha value is -2.79. The molecule has 0 atom stereocenters. The quantitative estimate of drug-likeness (QED) is 0.749. The Morgan fingerprint density at radius 1 is 1.13 bits per heavy atom. The third kappa shape index (κ3) is 3.05. The predicted molar refractivity (Wildman–Crippen MR) is 87.3 cm³/mol. The van der Waals surface area contributed by atoms with Crippen LogP contribution in [0.5, 0.6) is 0 Å². The van der Waals surface area contributed by atoms with Gasteiger partial charge in [-0.25, -0.2) is 4.79 Å². The van der Waals surface area contributed by atoms with Gasteiger partial charge in [0.15, 0.2) is 5.76 Å². The lowest BCUT2D eigenvalue weighted by atomic mass is 10.1. The van der Waals surface area contributed by atoms with Crippen LogP contribution >= 0.6 is 11.6 Å². The number of nitrogens with one attached hydrogen (secondary N) is 1. The van der Waals surface area contributed by atoms with E-state index in [-0.39, 0.29) is 17.0 Å². The fourth-order valence-electron chi connectivity index (χ4n) is 2.26. The molecular weight excluding hydrogens is 318 g/mol. The summed E-state index contributed by atoms with van der Waals surface area (Å²) in [7, 11) is 0. The number of hydrogen-bond donors (Lipinski definition) is 2. The number of amides is 1. The summed E-state index contributed by atoms with van der Waals surface area (Å²) >= 11 is 5.90. The molecule has 23 heavy (non-hydrogen) atoms. The van der Waals surface area contributed by atoms with Gasteiger partial charge in [0.25, 0.3) is 5.91 Å². The van der Waals surface area contributed by atoms with Gasteiger partial charge >= 0.3 is 5.97 Å². The number of aryl methyl sites for hydroxylation is 1. The monoisotopic (exact) mass is 329 g/mol. The average Bonchev–Trinajstić information content (AvgIpc) is 2.90. The predicted octanol–water partition coefficient (Wildman–Crippen LogP) is 4.35. The van der Waals surface area contributed by atoms with Gasteiger partial charge in [0, 0.05) is 10.4 Å². The van der Waals surface area contributed by atoms with Crippen LogP contribution in [-0.2, 0) is 0 Å². The molecule has 5 nitrogen and oxygen atoms in total. The highest BCUT2D eigenvalue weighted by atomic mass is 35.5. The summed E-state index contributed by atoms with van der Waals surface area (Å²) in [5.41, 5.74) is 1.60. The molecule has 0 aliphatic rings. The Bertz CT molecular complexity index is 929. The van der Waals surface area contributed by atoms with Gasteiger partial charge in [0.1, 0.15) is 5.58 Å². The number of carboxylic acids is 1. The van der Waals surface area contributed by atoms with Gasteiger partial charge in [0.05, 0.1) is 11.3 Å². The minimum atomic E-state index is -1.11. The van der Waals surface area contributed by atoms with Crippen LogP contribution < -0.4 is 5.32 Å². The Morgan fingerprint density at radius 3 is 2.65 bits per heavy atom. The maximum atomic E-state index is 12.3. The van der Waals surface area contributed by atoms with Crippen molar-refractivity contribution in [1.29, 1.82) is 0 Å². The van der Waals surface area contributed by atoms with E-state index in [2.05, 4.69) is 5.32 Å². The van der Waals surface area contributed by atoms with E-state index in [9.17, 15) is 14.7 Å². The van der Waals surface area contributed by atoms with E-state index in [0.29, 0.717) is 16.0 Å². The Labute approximate surface area is 136 Å². The van der Waals surface area contributed by atoms with E-state index in [1.54, 1.807) is 36.4 Å². The first-order chi connectivity index (χ1) is 10.9. The average molecular weight is 330 g/mol. The maximum absolute atomic E-state index is 12.3. The summed E-state index contributed by atoms with van der Waals surface area (Å²) in [5, 5.41) is 13.0. The minimum Gasteiger partial charge on any atom is -0.478 e. The molecule has 3 rings (SSSR count). The topological polar surface area (TPSA) is 79.5 Å². The Balaban J connectivity index is 1.94. The molecule has 0 radical (unpaired) electrons. The standard InChI is InChI=1S/C17H12ClNO4/c1-9-2-4-12(17(21)22)13(6-9)19-16(20)15-8-10-7-11(18)3-5-14(10)23-15/h2-8H,1H3,(H,19,20)(H,21,22). The Morgan fingerprint density at radius 2 is 1.91 bits per heavy atom. The van der Waals surface area contributed by atoms with Crippen molar-refractivity contribution in [3.8, 4) is 0 Å². The zero-order chi connectivity index (χ0) is 16.6.